The molecule has 0 amide bonds. The fraction of sp³-hybridized carbons (Fsp3) is 0.167. The molecule has 2 aromatic carbocycles. The van der Waals surface area contributed by atoms with Crippen LogP contribution in [0.1, 0.15) is 17.0 Å². The standard InChI is InChI=1S/C18H19ClN4O2S/c1-11-16(19)5-4-6-17(11)20-14-7-9-15(10-8-14)23-26(24,25)18-12(2)21-22-13(18)3/h4-10,20,23H,1-3H3,(H,21,22). The van der Waals surface area contributed by atoms with Crippen molar-refractivity contribution in [3.05, 3.63) is 64.4 Å². The Labute approximate surface area is 157 Å². The number of aromatic nitrogens is 2. The normalized spacial score (nSPS) is 11.4. The third kappa shape index (κ3) is 3.68. The van der Waals surface area contributed by atoms with Gasteiger partial charge in [-0.2, -0.15) is 5.10 Å². The second-order valence-corrected chi connectivity index (χ2v) is 8.01. The van der Waals surface area contributed by atoms with E-state index >= 15 is 0 Å². The summed E-state index contributed by atoms with van der Waals surface area (Å²) in [5.74, 6) is 0. The van der Waals surface area contributed by atoms with Crippen molar-refractivity contribution in [2.24, 2.45) is 0 Å². The smallest absolute Gasteiger partial charge is 0.265 e. The molecule has 1 aromatic heterocycles. The third-order valence-corrected chi connectivity index (χ3v) is 6.07. The van der Waals surface area contributed by atoms with Crippen LogP contribution in [0.3, 0.4) is 0 Å². The molecule has 136 valence electrons. The summed E-state index contributed by atoms with van der Waals surface area (Å²) in [6, 6.07) is 12.6. The number of rotatable bonds is 5. The monoisotopic (exact) mass is 390 g/mol. The molecule has 6 nitrogen and oxygen atoms in total. The minimum Gasteiger partial charge on any atom is -0.355 e. The van der Waals surface area contributed by atoms with Gasteiger partial charge in [0.1, 0.15) is 4.90 Å². The van der Waals surface area contributed by atoms with Crippen molar-refractivity contribution >= 4 is 38.7 Å². The summed E-state index contributed by atoms with van der Waals surface area (Å²) in [4.78, 5) is 0.175. The van der Waals surface area contributed by atoms with Crippen molar-refractivity contribution in [2.75, 3.05) is 10.0 Å². The summed E-state index contributed by atoms with van der Waals surface area (Å²) in [6.45, 7) is 5.26. The van der Waals surface area contributed by atoms with Crippen LogP contribution in [0.15, 0.2) is 47.4 Å². The molecule has 0 saturated carbocycles. The van der Waals surface area contributed by atoms with E-state index in [1.165, 1.54) is 0 Å². The molecule has 0 aliphatic rings. The first-order valence-corrected chi connectivity index (χ1v) is 9.80. The molecule has 1 heterocycles. The van der Waals surface area contributed by atoms with E-state index in [1.54, 1.807) is 38.1 Å². The van der Waals surface area contributed by atoms with Gasteiger partial charge in [-0.05, 0) is 62.7 Å². The molecule has 3 rings (SSSR count). The predicted octanol–water partition coefficient (Wildman–Crippen LogP) is 4.53. The van der Waals surface area contributed by atoms with E-state index in [4.69, 9.17) is 11.6 Å². The Morgan fingerprint density at radius 3 is 2.27 bits per heavy atom. The molecule has 0 radical (unpaired) electrons. The highest BCUT2D eigenvalue weighted by Crippen LogP contribution is 2.27. The number of hydrogen-bond donors (Lipinski definition) is 3. The number of hydrogen-bond acceptors (Lipinski definition) is 4. The first kappa shape index (κ1) is 18.3. The van der Waals surface area contributed by atoms with Gasteiger partial charge in [-0.1, -0.05) is 17.7 Å². The Bertz CT molecular complexity index is 1020. The molecule has 0 atom stereocenters. The average Bonchev–Trinajstić information content (AvgIpc) is 2.93. The van der Waals surface area contributed by atoms with Crippen LogP contribution < -0.4 is 10.0 Å². The van der Waals surface area contributed by atoms with Crippen LogP contribution >= 0.6 is 11.6 Å². The summed E-state index contributed by atoms with van der Waals surface area (Å²) in [5.41, 5.74) is 4.09. The zero-order chi connectivity index (χ0) is 18.9. The molecule has 0 spiro atoms. The van der Waals surface area contributed by atoms with Crippen LogP contribution in [-0.2, 0) is 10.0 Å². The van der Waals surface area contributed by atoms with Crippen molar-refractivity contribution in [1.82, 2.24) is 10.2 Å². The lowest BCUT2D eigenvalue weighted by atomic mass is 10.2. The molecule has 0 aliphatic carbocycles. The number of H-pyrrole nitrogens is 1. The molecule has 3 aromatic rings. The maximum absolute atomic E-state index is 12.6. The highest BCUT2D eigenvalue weighted by atomic mass is 35.5. The second kappa shape index (κ2) is 7.01. The van der Waals surface area contributed by atoms with Crippen molar-refractivity contribution in [2.45, 2.75) is 25.7 Å². The Morgan fingerprint density at radius 1 is 1.00 bits per heavy atom. The van der Waals surface area contributed by atoms with Gasteiger partial charge in [-0.25, -0.2) is 8.42 Å². The Kier molecular flexibility index (Phi) is 4.93. The number of halogens is 1. The molecular formula is C18H19ClN4O2S. The van der Waals surface area contributed by atoms with Gasteiger partial charge in [0.15, 0.2) is 0 Å². The summed E-state index contributed by atoms with van der Waals surface area (Å²) >= 11 is 6.13. The van der Waals surface area contributed by atoms with Crippen LogP contribution in [-0.4, -0.2) is 18.6 Å². The molecule has 0 saturated heterocycles. The average molecular weight is 391 g/mol. The molecule has 0 aliphatic heterocycles. The second-order valence-electron chi connectivity index (χ2n) is 5.98. The zero-order valence-corrected chi connectivity index (χ0v) is 16.2. The number of nitrogens with one attached hydrogen (secondary N) is 3. The predicted molar refractivity (Wildman–Crippen MR) is 105 cm³/mol. The van der Waals surface area contributed by atoms with E-state index in [9.17, 15) is 8.42 Å². The number of aromatic amines is 1. The molecule has 8 heteroatoms. The van der Waals surface area contributed by atoms with Gasteiger partial charge >= 0.3 is 0 Å². The van der Waals surface area contributed by atoms with E-state index in [2.05, 4.69) is 20.2 Å². The van der Waals surface area contributed by atoms with Gasteiger partial charge < -0.3 is 5.32 Å². The van der Waals surface area contributed by atoms with E-state index in [0.717, 1.165) is 16.9 Å². The van der Waals surface area contributed by atoms with Crippen molar-refractivity contribution < 1.29 is 8.42 Å². The summed E-state index contributed by atoms with van der Waals surface area (Å²) in [6.07, 6.45) is 0. The van der Waals surface area contributed by atoms with E-state index in [1.807, 2.05) is 25.1 Å². The van der Waals surface area contributed by atoms with Crippen LogP contribution in [0, 0.1) is 20.8 Å². The maximum atomic E-state index is 12.6. The topological polar surface area (TPSA) is 86.9 Å². The summed E-state index contributed by atoms with van der Waals surface area (Å²) in [7, 11) is -3.70. The molecule has 0 bridgehead atoms. The van der Waals surface area contributed by atoms with Crippen molar-refractivity contribution in [3.8, 4) is 0 Å². The van der Waals surface area contributed by atoms with Gasteiger partial charge in [0.25, 0.3) is 10.0 Å². The quantitative estimate of drug-likeness (QED) is 0.597. The van der Waals surface area contributed by atoms with E-state index in [-0.39, 0.29) is 4.90 Å². The number of benzene rings is 2. The highest BCUT2D eigenvalue weighted by molar-refractivity contribution is 7.92. The van der Waals surface area contributed by atoms with Gasteiger partial charge in [0, 0.05) is 22.1 Å². The lowest BCUT2D eigenvalue weighted by Crippen LogP contribution is -2.14. The molecule has 3 N–H and O–H groups in total. The van der Waals surface area contributed by atoms with Crippen LogP contribution in [0.25, 0.3) is 0 Å². The zero-order valence-electron chi connectivity index (χ0n) is 14.6. The van der Waals surface area contributed by atoms with Crippen molar-refractivity contribution in [1.29, 1.82) is 0 Å². The van der Waals surface area contributed by atoms with Gasteiger partial charge in [-0.3, -0.25) is 9.82 Å². The third-order valence-electron chi connectivity index (χ3n) is 4.01. The summed E-state index contributed by atoms with van der Waals surface area (Å²) < 4.78 is 27.7. The van der Waals surface area contributed by atoms with Crippen molar-refractivity contribution in [3.63, 3.8) is 0 Å². The van der Waals surface area contributed by atoms with Crippen LogP contribution in [0.4, 0.5) is 17.1 Å². The van der Waals surface area contributed by atoms with Gasteiger partial charge in [-0.15, -0.1) is 0 Å². The number of anilines is 3. The molecule has 0 unspecified atom stereocenters. The van der Waals surface area contributed by atoms with Crippen LogP contribution in [0.2, 0.25) is 5.02 Å². The first-order chi connectivity index (χ1) is 12.3. The Hall–Kier alpha value is -2.51. The highest BCUT2D eigenvalue weighted by Gasteiger charge is 2.22. The number of aryl methyl sites for hydroxylation is 2. The minimum atomic E-state index is -3.70. The fourth-order valence-electron chi connectivity index (χ4n) is 2.66. The number of sulfonamides is 1. The largest absolute Gasteiger partial charge is 0.355 e. The molecular weight excluding hydrogens is 372 g/mol. The molecule has 0 fully saturated rings. The SMILES string of the molecule is Cc1n[nH]c(C)c1S(=O)(=O)Nc1ccc(Nc2cccc(Cl)c2C)cc1. The Morgan fingerprint density at radius 2 is 1.65 bits per heavy atom. The fourth-order valence-corrected chi connectivity index (χ4v) is 4.27. The first-order valence-electron chi connectivity index (χ1n) is 7.94. The maximum Gasteiger partial charge on any atom is 0.265 e. The number of nitrogens with zero attached hydrogens (tertiary/aromatic N) is 1. The van der Waals surface area contributed by atoms with Gasteiger partial charge in [0.05, 0.1) is 11.4 Å². The lowest BCUT2D eigenvalue weighted by Gasteiger charge is -2.12. The molecule has 26 heavy (non-hydrogen) atoms. The minimum absolute atomic E-state index is 0.175. The lowest BCUT2D eigenvalue weighted by molar-refractivity contribution is 0.600. The van der Waals surface area contributed by atoms with E-state index < -0.39 is 10.0 Å². The Balaban J connectivity index is 1.79. The summed E-state index contributed by atoms with van der Waals surface area (Å²) in [5, 5.41) is 10.6. The van der Waals surface area contributed by atoms with Crippen LogP contribution in [0.5, 0.6) is 0 Å². The van der Waals surface area contributed by atoms with Gasteiger partial charge in [0.2, 0.25) is 0 Å². The van der Waals surface area contributed by atoms with E-state index in [0.29, 0.717) is 22.1 Å².